The maximum atomic E-state index is 6.12. The van der Waals surface area contributed by atoms with Gasteiger partial charge in [0, 0.05) is 20.7 Å². The first kappa shape index (κ1) is 13.7. The van der Waals surface area contributed by atoms with E-state index in [4.69, 9.17) is 5.73 Å². The molecule has 0 bridgehead atoms. The number of halogens is 1. The summed E-state index contributed by atoms with van der Waals surface area (Å²) in [6.45, 7) is 2.06. The molecule has 2 atom stereocenters. The van der Waals surface area contributed by atoms with Crippen molar-refractivity contribution in [3.63, 3.8) is 0 Å². The second-order valence-electron chi connectivity index (χ2n) is 4.27. The normalized spacial score (nSPS) is 14.2. The summed E-state index contributed by atoms with van der Waals surface area (Å²) >= 11 is 5.31. The molecule has 0 heterocycles. The maximum Gasteiger partial charge on any atom is 0.0492 e. The molecule has 0 amide bonds. The van der Waals surface area contributed by atoms with Crippen LogP contribution in [0, 0.1) is 0 Å². The van der Waals surface area contributed by atoms with Crippen molar-refractivity contribution >= 4 is 27.7 Å². The van der Waals surface area contributed by atoms with Crippen molar-refractivity contribution in [2.45, 2.75) is 23.1 Å². The molecule has 2 rings (SSSR count). The maximum absolute atomic E-state index is 6.12. The van der Waals surface area contributed by atoms with Gasteiger partial charge in [-0.25, -0.2) is 0 Å². The number of hydrogen-bond donors (Lipinski definition) is 1. The van der Waals surface area contributed by atoms with Crippen molar-refractivity contribution < 1.29 is 0 Å². The minimum absolute atomic E-state index is 0.108. The Labute approximate surface area is 121 Å². The van der Waals surface area contributed by atoms with Crippen LogP contribution in [-0.4, -0.2) is 6.04 Å². The van der Waals surface area contributed by atoms with Crippen molar-refractivity contribution in [2.24, 2.45) is 5.73 Å². The third kappa shape index (κ3) is 3.61. The lowest BCUT2D eigenvalue weighted by Crippen LogP contribution is -2.22. The Morgan fingerprint density at radius 3 is 2.39 bits per heavy atom. The molecule has 2 aromatic carbocycles. The van der Waals surface area contributed by atoms with Crippen LogP contribution in [0.4, 0.5) is 0 Å². The van der Waals surface area contributed by atoms with Gasteiger partial charge in [0.25, 0.3) is 0 Å². The van der Waals surface area contributed by atoms with Gasteiger partial charge in [-0.15, -0.1) is 11.8 Å². The first-order chi connectivity index (χ1) is 8.66. The van der Waals surface area contributed by atoms with E-state index in [0.717, 1.165) is 4.47 Å². The molecule has 0 aliphatic carbocycles. The Balaban J connectivity index is 2.22. The molecular weight excluding hydrogens is 306 g/mol. The number of thioether (sulfide) groups is 1. The molecule has 2 N–H and O–H groups in total. The third-order valence-electron chi connectivity index (χ3n) is 2.66. The molecule has 0 aromatic heterocycles. The van der Waals surface area contributed by atoms with Gasteiger partial charge in [-0.3, -0.25) is 0 Å². The summed E-state index contributed by atoms with van der Waals surface area (Å²) in [5, 5.41) is 0.278. The highest BCUT2D eigenvalue weighted by Gasteiger charge is 2.17. The standard InChI is InChI=1S/C15H16BrNS/c1-11(17)15(12-6-3-2-4-7-12)18-14-9-5-8-13(16)10-14/h2-11,15H,17H2,1H3. The lowest BCUT2D eigenvalue weighted by atomic mass is 10.1. The van der Waals surface area contributed by atoms with Crippen LogP contribution in [0.3, 0.4) is 0 Å². The van der Waals surface area contributed by atoms with E-state index in [2.05, 4.69) is 65.3 Å². The van der Waals surface area contributed by atoms with Gasteiger partial charge in [-0.1, -0.05) is 52.3 Å². The Morgan fingerprint density at radius 2 is 1.78 bits per heavy atom. The van der Waals surface area contributed by atoms with Crippen molar-refractivity contribution in [1.29, 1.82) is 0 Å². The van der Waals surface area contributed by atoms with Gasteiger partial charge >= 0.3 is 0 Å². The van der Waals surface area contributed by atoms with Crippen LogP contribution in [-0.2, 0) is 0 Å². The molecule has 18 heavy (non-hydrogen) atoms. The fourth-order valence-electron chi connectivity index (χ4n) is 1.81. The Morgan fingerprint density at radius 1 is 1.06 bits per heavy atom. The predicted octanol–water partition coefficient (Wildman–Crippen LogP) is 4.63. The largest absolute Gasteiger partial charge is 0.327 e. The topological polar surface area (TPSA) is 26.0 Å². The van der Waals surface area contributed by atoms with Crippen molar-refractivity contribution in [1.82, 2.24) is 0 Å². The fraction of sp³-hybridized carbons (Fsp3) is 0.200. The van der Waals surface area contributed by atoms with E-state index in [-0.39, 0.29) is 11.3 Å². The van der Waals surface area contributed by atoms with Gasteiger partial charge in [0.05, 0.1) is 0 Å². The molecule has 0 aliphatic rings. The molecule has 0 spiro atoms. The van der Waals surface area contributed by atoms with Crippen LogP contribution in [0.1, 0.15) is 17.7 Å². The smallest absolute Gasteiger partial charge is 0.0492 e. The summed E-state index contributed by atoms with van der Waals surface area (Å²) < 4.78 is 1.10. The molecule has 1 nitrogen and oxygen atoms in total. The highest BCUT2D eigenvalue weighted by atomic mass is 79.9. The fourth-order valence-corrected chi connectivity index (χ4v) is 3.51. The minimum atomic E-state index is 0.108. The van der Waals surface area contributed by atoms with Crippen molar-refractivity contribution in [2.75, 3.05) is 0 Å². The summed E-state index contributed by atoms with van der Waals surface area (Å²) in [5.41, 5.74) is 7.40. The summed E-state index contributed by atoms with van der Waals surface area (Å²) in [4.78, 5) is 1.23. The molecule has 2 unspecified atom stereocenters. The zero-order chi connectivity index (χ0) is 13.0. The van der Waals surface area contributed by atoms with Gasteiger partial charge in [0.15, 0.2) is 0 Å². The highest BCUT2D eigenvalue weighted by Crippen LogP contribution is 2.37. The summed E-state index contributed by atoms with van der Waals surface area (Å²) in [7, 11) is 0. The molecule has 2 aromatic rings. The van der Waals surface area contributed by atoms with Crippen molar-refractivity contribution in [3.05, 3.63) is 64.6 Å². The Hall–Kier alpha value is -0.770. The van der Waals surface area contributed by atoms with Gasteiger partial charge in [0.2, 0.25) is 0 Å². The van der Waals surface area contributed by atoms with Crippen molar-refractivity contribution in [3.8, 4) is 0 Å². The van der Waals surface area contributed by atoms with E-state index in [1.807, 2.05) is 23.9 Å². The van der Waals surface area contributed by atoms with Gasteiger partial charge in [0.1, 0.15) is 0 Å². The SMILES string of the molecule is CC(N)C(Sc1cccc(Br)c1)c1ccccc1. The van der Waals surface area contributed by atoms with E-state index >= 15 is 0 Å². The van der Waals surface area contributed by atoms with Crippen LogP contribution in [0.15, 0.2) is 64.0 Å². The van der Waals surface area contributed by atoms with E-state index < -0.39 is 0 Å². The molecule has 94 valence electrons. The van der Waals surface area contributed by atoms with E-state index in [9.17, 15) is 0 Å². The molecule has 3 heteroatoms. The zero-order valence-electron chi connectivity index (χ0n) is 10.2. The number of hydrogen-bond acceptors (Lipinski definition) is 2. The van der Waals surface area contributed by atoms with Gasteiger partial charge in [-0.2, -0.15) is 0 Å². The number of nitrogens with two attached hydrogens (primary N) is 1. The second kappa shape index (κ2) is 6.41. The van der Waals surface area contributed by atoms with Gasteiger partial charge in [-0.05, 0) is 30.7 Å². The zero-order valence-corrected chi connectivity index (χ0v) is 12.6. The minimum Gasteiger partial charge on any atom is -0.327 e. The first-order valence-corrected chi connectivity index (χ1v) is 7.57. The molecule has 0 saturated carbocycles. The predicted molar refractivity (Wildman–Crippen MR) is 82.8 cm³/mol. The van der Waals surface area contributed by atoms with E-state index in [0.29, 0.717) is 0 Å². The lowest BCUT2D eigenvalue weighted by molar-refractivity contribution is 0.721. The van der Waals surface area contributed by atoms with E-state index in [1.165, 1.54) is 10.5 Å². The van der Waals surface area contributed by atoms with Crippen LogP contribution in [0.5, 0.6) is 0 Å². The average molecular weight is 322 g/mol. The molecular formula is C15H16BrNS. The van der Waals surface area contributed by atoms with Gasteiger partial charge < -0.3 is 5.73 Å². The summed E-state index contributed by atoms with van der Waals surface area (Å²) in [6, 6.07) is 18.9. The monoisotopic (exact) mass is 321 g/mol. The number of benzene rings is 2. The van der Waals surface area contributed by atoms with Crippen LogP contribution < -0.4 is 5.73 Å². The quantitative estimate of drug-likeness (QED) is 0.831. The van der Waals surface area contributed by atoms with Crippen LogP contribution in [0.2, 0.25) is 0 Å². The molecule has 0 aliphatic heterocycles. The van der Waals surface area contributed by atoms with Crippen LogP contribution in [0.25, 0.3) is 0 Å². The van der Waals surface area contributed by atoms with E-state index in [1.54, 1.807) is 0 Å². The molecule has 0 fully saturated rings. The van der Waals surface area contributed by atoms with Crippen LogP contribution >= 0.6 is 27.7 Å². The summed E-state index contributed by atoms with van der Waals surface area (Å²) in [6.07, 6.45) is 0. The number of rotatable bonds is 4. The highest BCUT2D eigenvalue weighted by molar-refractivity contribution is 9.10. The third-order valence-corrected chi connectivity index (χ3v) is 4.64. The first-order valence-electron chi connectivity index (χ1n) is 5.89. The molecule has 0 saturated heterocycles. The Bertz CT molecular complexity index is 499. The Kier molecular flexibility index (Phi) is 4.87. The lowest BCUT2D eigenvalue weighted by Gasteiger charge is -2.21. The second-order valence-corrected chi connectivity index (χ2v) is 6.40. The molecule has 0 radical (unpaired) electrons. The summed E-state index contributed by atoms with van der Waals surface area (Å²) in [5.74, 6) is 0. The average Bonchev–Trinajstić information content (AvgIpc) is 2.37.